The highest BCUT2D eigenvalue weighted by molar-refractivity contribution is 6.14. The lowest BCUT2D eigenvalue weighted by Crippen LogP contribution is -2.63. The number of benzene rings is 2. The van der Waals surface area contributed by atoms with Crippen molar-refractivity contribution >= 4 is 17.1 Å². The van der Waals surface area contributed by atoms with Gasteiger partial charge in [-0.25, -0.2) is 0 Å². The summed E-state index contributed by atoms with van der Waals surface area (Å²) in [5, 5.41) is 0. The number of piperidine rings is 1. The first-order valence-electron chi connectivity index (χ1n) is 11.1. The number of quaternary nitrogens is 1. The fourth-order valence-corrected chi connectivity index (χ4v) is 6.71. The number of rotatable bonds is 3. The number of nitrogens with zero attached hydrogens (tertiary/aromatic N) is 2. The van der Waals surface area contributed by atoms with Crippen molar-refractivity contribution in [3.8, 4) is 0 Å². The Balaban J connectivity index is 1.46. The molecule has 0 aromatic heterocycles. The molecule has 2 aromatic carbocycles. The number of aliphatic imine (C=N–C) groups is 1. The van der Waals surface area contributed by atoms with Gasteiger partial charge in [-0.2, -0.15) is 0 Å². The van der Waals surface area contributed by atoms with E-state index < -0.39 is 0 Å². The third kappa shape index (κ3) is 2.28. The van der Waals surface area contributed by atoms with E-state index in [0.717, 1.165) is 16.7 Å². The van der Waals surface area contributed by atoms with Crippen LogP contribution in [0.3, 0.4) is 0 Å². The topological polar surface area (TPSA) is 36.4 Å². The zero-order valence-electron chi connectivity index (χ0n) is 17.7. The average molecular weight is 398 g/mol. The first kappa shape index (κ1) is 18.0. The van der Waals surface area contributed by atoms with Gasteiger partial charge < -0.3 is 15.3 Å². The number of hydrogen-bond acceptors (Lipinski definition) is 3. The van der Waals surface area contributed by atoms with Crippen LogP contribution in [0.5, 0.6) is 0 Å². The molecule has 152 valence electrons. The quantitative estimate of drug-likeness (QED) is 0.447. The van der Waals surface area contributed by atoms with Crippen molar-refractivity contribution in [1.82, 2.24) is 5.43 Å². The summed E-state index contributed by atoms with van der Waals surface area (Å²) in [7, 11) is 2.47. The molecule has 30 heavy (non-hydrogen) atoms. The molecule has 0 radical (unpaired) electrons. The van der Waals surface area contributed by atoms with E-state index in [1.54, 1.807) is 5.57 Å². The second-order valence-corrected chi connectivity index (χ2v) is 9.46. The molecule has 2 aromatic rings. The molecule has 4 aliphatic rings. The van der Waals surface area contributed by atoms with Crippen LogP contribution in [-0.2, 0) is 5.41 Å². The van der Waals surface area contributed by atoms with E-state index in [1.807, 2.05) is 18.2 Å². The van der Waals surface area contributed by atoms with Gasteiger partial charge in [-0.05, 0) is 41.8 Å². The molecule has 2 saturated heterocycles. The minimum atomic E-state index is 0.0708. The Morgan fingerprint density at radius 1 is 1.10 bits per heavy atom. The fraction of sp³-hybridized carbons (Fsp3) is 0.346. The highest BCUT2D eigenvalue weighted by Crippen LogP contribution is 2.61. The summed E-state index contributed by atoms with van der Waals surface area (Å²) in [5.74, 6) is 0.454. The molecule has 4 heteroatoms. The number of allylic oxidation sites excluding steroid dienone is 2. The van der Waals surface area contributed by atoms with Crippen LogP contribution in [0.1, 0.15) is 25.3 Å². The molecule has 3 heterocycles. The average Bonchev–Trinajstić information content (AvgIpc) is 3.29. The highest BCUT2D eigenvalue weighted by atomic mass is 15.4. The van der Waals surface area contributed by atoms with Gasteiger partial charge in [0.05, 0.1) is 36.1 Å². The normalized spacial score (nSPS) is 35.7. The first-order chi connectivity index (χ1) is 14.7. The van der Waals surface area contributed by atoms with E-state index in [2.05, 4.69) is 73.5 Å². The molecule has 2 N–H and O–H groups in total. The van der Waals surface area contributed by atoms with Crippen LogP contribution in [0.4, 0.5) is 11.4 Å². The van der Waals surface area contributed by atoms with E-state index in [0.29, 0.717) is 12.0 Å². The van der Waals surface area contributed by atoms with Crippen LogP contribution in [0.2, 0.25) is 0 Å². The summed E-state index contributed by atoms with van der Waals surface area (Å²) in [4.78, 5) is 5.28. The molecule has 6 rings (SSSR count). The number of hydrogen-bond donors (Lipinski definition) is 2. The maximum Gasteiger partial charge on any atom is 0.106 e. The molecule has 0 amide bonds. The Morgan fingerprint density at radius 3 is 2.73 bits per heavy atom. The molecule has 4 atom stereocenters. The Bertz CT molecular complexity index is 1100. The predicted molar refractivity (Wildman–Crippen MR) is 123 cm³/mol. The van der Waals surface area contributed by atoms with Crippen LogP contribution in [-0.4, -0.2) is 36.4 Å². The van der Waals surface area contributed by atoms with Gasteiger partial charge in [0.1, 0.15) is 12.6 Å². The molecule has 0 unspecified atom stereocenters. The maximum atomic E-state index is 5.28. The maximum absolute atomic E-state index is 5.28. The summed E-state index contributed by atoms with van der Waals surface area (Å²) >= 11 is 0. The zero-order valence-corrected chi connectivity index (χ0v) is 17.7. The molecule has 2 bridgehead atoms. The second-order valence-electron chi connectivity index (χ2n) is 9.46. The lowest BCUT2D eigenvalue weighted by Gasteiger charge is -2.52. The van der Waals surface area contributed by atoms with E-state index in [9.17, 15) is 0 Å². The number of fused-ring (bicyclic) bond motifs is 2. The van der Waals surface area contributed by atoms with Gasteiger partial charge in [0.2, 0.25) is 0 Å². The SMILES string of the molecule is C/C=C1/C[N@+]2(C)CC[C@@]34C(=Nc5ccccc53)C(=CNNc3ccccc3)[C@H]1C[C@@H]42. The van der Waals surface area contributed by atoms with Gasteiger partial charge in [-0.15, -0.1) is 0 Å². The summed E-state index contributed by atoms with van der Waals surface area (Å²) in [5.41, 5.74) is 14.8. The first-order valence-corrected chi connectivity index (χ1v) is 11.1. The Labute approximate surface area is 178 Å². The fourth-order valence-electron chi connectivity index (χ4n) is 6.71. The number of para-hydroxylation sites is 2. The van der Waals surface area contributed by atoms with Gasteiger partial charge in [0, 0.05) is 25.0 Å². The lowest BCUT2D eigenvalue weighted by molar-refractivity contribution is -0.923. The monoisotopic (exact) mass is 397 g/mol. The minimum Gasteiger partial charge on any atom is -0.319 e. The molecule has 3 fully saturated rings. The van der Waals surface area contributed by atoms with Crippen molar-refractivity contribution in [2.75, 3.05) is 25.6 Å². The molecule has 1 aliphatic carbocycles. The third-order valence-corrected chi connectivity index (χ3v) is 8.07. The van der Waals surface area contributed by atoms with E-state index >= 15 is 0 Å². The Morgan fingerprint density at radius 2 is 1.90 bits per heavy atom. The van der Waals surface area contributed by atoms with Gasteiger partial charge in [-0.3, -0.25) is 4.99 Å². The van der Waals surface area contributed by atoms with Crippen LogP contribution in [0.15, 0.2) is 83.0 Å². The number of nitrogens with one attached hydrogen (secondary N) is 2. The molecular formula is C26H29N4+. The Kier molecular flexibility index (Phi) is 3.79. The number of hydrazine groups is 1. The summed E-state index contributed by atoms with van der Waals surface area (Å²) in [6.45, 7) is 4.59. The van der Waals surface area contributed by atoms with Crippen LogP contribution < -0.4 is 10.9 Å². The van der Waals surface area contributed by atoms with Gasteiger partial charge in [0.25, 0.3) is 0 Å². The van der Waals surface area contributed by atoms with Crippen molar-refractivity contribution in [2.24, 2.45) is 10.9 Å². The van der Waals surface area contributed by atoms with Gasteiger partial charge in [0.15, 0.2) is 0 Å². The zero-order chi connectivity index (χ0) is 20.3. The molecule has 3 aliphatic heterocycles. The van der Waals surface area contributed by atoms with Crippen molar-refractivity contribution in [1.29, 1.82) is 0 Å². The number of anilines is 1. The predicted octanol–water partition coefficient (Wildman–Crippen LogP) is 4.71. The largest absolute Gasteiger partial charge is 0.319 e. The smallest absolute Gasteiger partial charge is 0.106 e. The van der Waals surface area contributed by atoms with Crippen LogP contribution >= 0.6 is 0 Å². The number of likely N-dealkylation sites (N-methyl/N-ethyl adjacent to an activating group) is 1. The van der Waals surface area contributed by atoms with Crippen LogP contribution in [0.25, 0.3) is 0 Å². The standard InChI is InChI=1S/C26H29N4/c1-3-18-17-30(2)14-13-26-22-11-7-8-12-23(22)28-25(26)21(20(18)15-24(26)30)16-27-29-19-9-5-4-6-10-19/h3-12,16,20,24,27,29H,13-15,17H2,1-2H3/q+1/b18-3-,21-16?/t20-,24-,26+,30-/m0/s1. The van der Waals surface area contributed by atoms with Crippen molar-refractivity contribution in [3.05, 3.63) is 83.6 Å². The van der Waals surface area contributed by atoms with Gasteiger partial charge in [-0.1, -0.05) is 42.5 Å². The summed E-state index contributed by atoms with van der Waals surface area (Å²) < 4.78 is 1.16. The van der Waals surface area contributed by atoms with E-state index in [-0.39, 0.29) is 5.41 Å². The van der Waals surface area contributed by atoms with Crippen molar-refractivity contribution < 1.29 is 4.48 Å². The second kappa shape index (κ2) is 6.32. The highest BCUT2D eigenvalue weighted by Gasteiger charge is 2.68. The lowest BCUT2D eigenvalue weighted by atomic mass is 9.58. The molecule has 4 nitrogen and oxygen atoms in total. The van der Waals surface area contributed by atoms with E-state index in [4.69, 9.17) is 4.99 Å². The van der Waals surface area contributed by atoms with Crippen molar-refractivity contribution in [3.63, 3.8) is 0 Å². The van der Waals surface area contributed by atoms with Crippen molar-refractivity contribution in [2.45, 2.75) is 31.2 Å². The summed E-state index contributed by atoms with van der Waals surface area (Å²) in [6.07, 6.45) is 6.95. The molecular weight excluding hydrogens is 368 g/mol. The van der Waals surface area contributed by atoms with Crippen LogP contribution in [0, 0.1) is 5.92 Å². The molecule has 1 saturated carbocycles. The molecule has 1 spiro atoms. The van der Waals surface area contributed by atoms with E-state index in [1.165, 1.54) is 41.9 Å². The summed E-state index contributed by atoms with van der Waals surface area (Å²) in [6, 6.07) is 19.8. The minimum absolute atomic E-state index is 0.0708. The Hall–Kier alpha value is -2.85. The van der Waals surface area contributed by atoms with Gasteiger partial charge >= 0.3 is 0 Å². The third-order valence-electron chi connectivity index (χ3n) is 8.07.